The van der Waals surface area contributed by atoms with Crippen molar-refractivity contribution in [2.75, 3.05) is 19.7 Å². The molecule has 0 unspecified atom stereocenters. The van der Waals surface area contributed by atoms with E-state index in [2.05, 4.69) is 29.6 Å². The predicted octanol–water partition coefficient (Wildman–Crippen LogP) is 3.13. The van der Waals surface area contributed by atoms with Crippen LogP contribution in [-0.2, 0) is 14.3 Å². The third-order valence-electron chi connectivity index (χ3n) is 7.65. The van der Waals surface area contributed by atoms with E-state index in [1.54, 1.807) is 0 Å². The van der Waals surface area contributed by atoms with Crippen molar-refractivity contribution < 1.29 is 29.3 Å². The van der Waals surface area contributed by atoms with E-state index >= 15 is 0 Å². The van der Waals surface area contributed by atoms with Crippen LogP contribution in [0.5, 0.6) is 0 Å². The number of nitrogens with zero attached hydrogens (tertiary/aromatic N) is 1. The van der Waals surface area contributed by atoms with E-state index in [4.69, 9.17) is 9.84 Å². The minimum atomic E-state index is -1.85. The van der Waals surface area contributed by atoms with Crippen LogP contribution in [0.15, 0.2) is 48.5 Å². The maximum Gasteiger partial charge on any atom is 0.407 e. The van der Waals surface area contributed by atoms with E-state index in [1.807, 2.05) is 24.3 Å². The van der Waals surface area contributed by atoms with Crippen LogP contribution < -0.4 is 5.32 Å². The highest BCUT2D eigenvalue weighted by Crippen LogP contribution is 2.44. The number of β-amino-alcohol motifs (C(OH)–C–C–N with tert-alkyl or cyclic N) is 1. The monoisotopic (exact) mass is 478 g/mol. The maximum atomic E-state index is 12.8. The van der Waals surface area contributed by atoms with Gasteiger partial charge in [0.05, 0.1) is 13.1 Å². The van der Waals surface area contributed by atoms with Gasteiger partial charge in [0.2, 0.25) is 5.91 Å². The van der Waals surface area contributed by atoms with Gasteiger partial charge in [-0.05, 0) is 41.0 Å². The number of ether oxygens (including phenoxy) is 1. The lowest BCUT2D eigenvalue weighted by Crippen LogP contribution is -2.67. The molecule has 35 heavy (non-hydrogen) atoms. The molecule has 2 aromatic carbocycles. The normalized spacial score (nSPS) is 22.5. The van der Waals surface area contributed by atoms with Crippen molar-refractivity contribution in [1.29, 1.82) is 0 Å². The molecule has 2 atom stereocenters. The summed E-state index contributed by atoms with van der Waals surface area (Å²) >= 11 is 0. The molecule has 1 heterocycles. The van der Waals surface area contributed by atoms with Crippen LogP contribution in [0, 0.1) is 5.92 Å². The van der Waals surface area contributed by atoms with Gasteiger partial charge >= 0.3 is 12.1 Å². The highest BCUT2D eigenvalue weighted by atomic mass is 16.5. The molecule has 0 aromatic heterocycles. The Hall–Kier alpha value is -3.39. The van der Waals surface area contributed by atoms with Gasteiger partial charge in [-0.25, -0.2) is 9.59 Å². The summed E-state index contributed by atoms with van der Waals surface area (Å²) in [6.45, 7) is -0.158. The largest absolute Gasteiger partial charge is 0.479 e. The summed E-state index contributed by atoms with van der Waals surface area (Å²) in [7, 11) is 0. The molecule has 5 rings (SSSR count). The number of aliphatic hydroxyl groups is 1. The molecule has 2 fully saturated rings. The van der Waals surface area contributed by atoms with Crippen LogP contribution in [0.1, 0.15) is 49.1 Å². The SMILES string of the molecule is O=C(N[C@@H]1CCCC[C@@H]1CC(=O)N1CC(O)(C(=O)O)C1)OCC1c2ccccc2-c2ccccc21. The van der Waals surface area contributed by atoms with E-state index in [9.17, 15) is 19.5 Å². The lowest BCUT2D eigenvalue weighted by Gasteiger charge is -2.44. The van der Waals surface area contributed by atoms with Crippen molar-refractivity contribution >= 4 is 18.0 Å². The van der Waals surface area contributed by atoms with Gasteiger partial charge in [-0.15, -0.1) is 0 Å². The zero-order valence-electron chi connectivity index (χ0n) is 19.5. The number of carbonyl (C=O) groups excluding carboxylic acids is 2. The first-order valence-electron chi connectivity index (χ1n) is 12.2. The molecular formula is C27H30N2O6. The van der Waals surface area contributed by atoms with Crippen molar-refractivity contribution in [2.24, 2.45) is 5.92 Å². The minimum absolute atomic E-state index is 0.0173. The first-order chi connectivity index (χ1) is 16.9. The van der Waals surface area contributed by atoms with Gasteiger partial charge in [-0.2, -0.15) is 0 Å². The summed E-state index contributed by atoms with van der Waals surface area (Å²) in [5.74, 6) is -1.57. The smallest absolute Gasteiger partial charge is 0.407 e. The van der Waals surface area contributed by atoms with Crippen molar-refractivity contribution in [3.63, 3.8) is 0 Å². The lowest BCUT2D eigenvalue weighted by atomic mass is 9.81. The Bertz CT molecular complexity index is 1100. The molecule has 0 radical (unpaired) electrons. The van der Waals surface area contributed by atoms with E-state index < -0.39 is 17.7 Å². The number of benzene rings is 2. The average Bonchev–Trinajstić information content (AvgIpc) is 3.15. The molecule has 1 saturated heterocycles. The van der Waals surface area contributed by atoms with Crippen LogP contribution in [0.25, 0.3) is 11.1 Å². The Kier molecular flexibility index (Phi) is 6.23. The molecule has 0 spiro atoms. The molecule has 8 nitrogen and oxygen atoms in total. The van der Waals surface area contributed by atoms with Crippen LogP contribution >= 0.6 is 0 Å². The van der Waals surface area contributed by atoms with Crippen molar-refractivity contribution in [1.82, 2.24) is 10.2 Å². The highest BCUT2D eigenvalue weighted by molar-refractivity contribution is 5.85. The number of carboxylic acids is 1. The van der Waals surface area contributed by atoms with E-state index in [-0.39, 0.29) is 49.9 Å². The molecule has 2 aliphatic carbocycles. The first-order valence-corrected chi connectivity index (χ1v) is 12.2. The zero-order valence-corrected chi connectivity index (χ0v) is 19.5. The molecular weight excluding hydrogens is 448 g/mol. The molecule has 3 N–H and O–H groups in total. The Morgan fingerprint density at radius 1 is 0.971 bits per heavy atom. The Morgan fingerprint density at radius 2 is 1.57 bits per heavy atom. The number of hydrogen-bond acceptors (Lipinski definition) is 5. The second kappa shape index (κ2) is 9.34. The number of carboxylic acid groups (broad SMARTS) is 1. The fourth-order valence-corrected chi connectivity index (χ4v) is 5.68. The molecule has 1 saturated carbocycles. The van der Waals surface area contributed by atoms with E-state index in [0.717, 1.165) is 36.8 Å². The summed E-state index contributed by atoms with van der Waals surface area (Å²) in [6.07, 6.45) is 3.23. The number of aliphatic carboxylic acids is 1. The van der Waals surface area contributed by atoms with Crippen molar-refractivity contribution in [2.45, 2.75) is 49.7 Å². The minimum Gasteiger partial charge on any atom is -0.479 e. The summed E-state index contributed by atoms with van der Waals surface area (Å²) in [6, 6.07) is 16.2. The van der Waals surface area contributed by atoms with Gasteiger partial charge in [-0.3, -0.25) is 4.79 Å². The number of fused-ring (bicyclic) bond motifs is 3. The number of likely N-dealkylation sites (tertiary alicyclic amines) is 1. The van der Waals surface area contributed by atoms with Gasteiger partial charge in [0.15, 0.2) is 5.60 Å². The number of alkyl carbamates (subject to hydrolysis) is 1. The van der Waals surface area contributed by atoms with Crippen LogP contribution in [-0.4, -0.2) is 64.4 Å². The molecule has 3 aliphatic rings. The Morgan fingerprint density at radius 3 is 2.20 bits per heavy atom. The fourth-order valence-electron chi connectivity index (χ4n) is 5.68. The third-order valence-corrected chi connectivity index (χ3v) is 7.65. The van der Waals surface area contributed by atoms with Gasteiger partial charge < -0.3 is 25.2 Å². The van der Waals surface area contributed by atoms with E-state index in [0.29, 0.717) is 0 Å². The number of rotatable bonds is 6. The van der Waals surface area contributed by atoms with E-state index in [1.165, 1.54) is 16.0 Å². The van der Waals surface area contributed by atoms with Crippen molar-refractivity contribution in [3.8, 4) is 11.1 Å². The zero-order chi connectivity index (χ0) is 24.6. The van der Waals surface area contributed by atoms with Gasteiger partial charge in [-0.1, -0.05) is 61.4 Å². The summed E-state index contributed by atoms with van der Waals surface area (Å²) in [5.41, 5.74) is 2.80. The van der Waals surface area contributed by atoms with Crippen molar-refractivity contribution in [3.05, 3.63) is 59.7 Å². The second-order valence-corrected chi connectivity index (χ2v) is 9.91. The molecule has 2 aromatic rings. The summed E-state index contributed by atoms with van der Waals surface area (Å²) < 4.78 is 5.69. The van der Waals surface area contributed by atoms with Gasteiger partial charge in [0, 0.05) is 18.4 Å². The third kappa shape index (κ3) is 4.50. The Labute approximate surface area is 203 Å². The highest BCUT2D eigenvalue weighted by Gasteiger charge is 2.50. The first kappa shape index (κ1) is 23.4. The number of hydrogen-bond donors (Lipinski definition) is 3. The average molecular weight is 479 g/mol. The quantitative estimate of drug-likeness (QED) is 0.588. The molecule has 2 amide bonds. The standard InChI is InChI=1S/C27H30N2O6/c30-24(29-15-27(34,16-29)25(31)32)13-17-7-1-6-12-23(17)28-26(33)35-14-22-20-10-4-2-8-18(20)19-9-3-5-11-21(19)22/h2-5,8-11,17,22-23,34H,1,6-7,12-16H2,(H,28,33)(H,31,32)/t17-,23-/m1/s1. The van der Waals surface area contributed by atoms with Crippen LogP contribution in [0.4, 0.5) is 4.79 Å². The topological polar surface area (TPSA) is 116 Å². The lowest BCUT2D eigenvalue weighted by molar-refractivity contribution is -0.182. The summed E-state index contributed by atoms with van der Waals surface area (Å²) in [4.78, 5) is 37.9. The van der Waals surface area contributed by atoms with Crippen LogP contribution in [0.2, 0.25) is 0 Å². The summed E-state index contributed by atoms with van der Waals surface area (Å²) in [5, 5.41) is 21.9. The molecule has 8 heteroatoms. The molecule has 0 bridgehead atoms. The molecule has 184 valence electrons. The Balaban J connectivity index is 1.17. The van der Waals surface area contributed by atoms with Gasteiger partial charge in [0.25, 0.3) is 0 Å². The number of nitrogens with one attached hydrogen (secondary N) is 1. The van der Waals surface area contributed by atoms with Gasteiger partial charge in [0.1, 0.15) is 6.61 Å². The molecule has 1 aliphatic heterocycles. The fraction of sp³-hybridized carbons (Fsp3) is 0.444. The van der Waals surface area contributed by atoms with Crippen LogP contribution in [0.3, 0.4) is 0 Å². The maximum absolute atomic E-state index is 12.8. The second-order valence-electron chi connectivity index (χ2n) is 9.91. The predicted molar refractivity (Wildman–Crippen MR) is 128 cm³/mol. The number of amides is 2. The number of carbonyl (C=O) groups is 3.